The van der Waals surface area contributed by atoms with Crippen molar-refractivity contribution in [2.24, 2.45) is 5.73 Å². The van der Waals surface area contributed by atoms with Crippen molar-refractivity contribution in [2.45, 2.75) is 108 Å². The first kappa shape index (κ1) is 43.6. The Labute approximate surface area is 349 Å². The number of nitrogens with one attached hydrogen (secondary N) is 2. The maximum absolute atomic E-state index is 12.7. The average molecular weight is 819 g/mol. The van der Waals surface area contributed by atoms with Gasteiger partial charge in [0.15, 0.2) is 8.32 Å². The first-order chi connectivity index (χ1) is 28.2. The minimum absolute atomic E-state index is 0.00517. The maximum Gasteiger partial charge on any atom is 0.412 e. The zero-order valence-corrected chi connectivity index (χ0v) is 36.3. The predicted molar refractivity (Wildman–Crippen MR) is 241 cm³/mol. The fraction of sp³-hybridized carbons (Fsp3) is 0.417. The average Bonchev–Trinajstić information content (AvgIpc) is 3.20. The molecule has 1 unspecified atom stereocenters. The molecule has 6 rings (SSSR count). The fourth-order valence-corrected chi connectivity index (χ4v) is 9.01. The van der Waals surface area contributed by atoms with Gasteiger partial charge in [0.25, 0.3) is 0 Å². The van der Waals surface area contributed by atoms with Crippen LogP contribution < -0.4 is 26.2 Å². The van der Waals surface area contributed by atoms with E-state index in [4.69, 9.17) is 14.9 Å². The molecule has 1 atom stereocenters. The summed E-state index contributed by atoms with van der Waals surface area (Å²) in [4.78, 5) is 29.2. The van der Waals surface area contributed by atoms with E-state index in [1.165, 1.54) is 11.6 Å². The van der Waals surface area contributed by atoms with Gasteiger partial charge in [0.05, 0.1) is 23.9 Å². The standard InChI is InChI=1S/C48H62N4O6Si/c1-48(2,3)59(4,5)58-44(40-24-26-43(53)46-41(40)25-27-45(54)51-46)32-50-29-28-33-14-21-38(22-15-33)57-30-10-9-11-34-16-23-39(35-12-7-6-8-13-35)42(31-34)52(47(55)56)37-19-17-36(49)18-20-37/h6-8,12-16,21-27,31,36-37,44,50,53H,9-11,17-20,28-30,32,49H2,1-5H3,(H,51,54)(H,55,56). The summed E-state index contributed by atoms with van der Waals surface area (Å²) < 4.78 is 13.1. The van der Waals surface area contributed by atoms with Crippen molar-refractivity contribution in [1.29, 1.82) is 0 Å². The predicted octanol–water partition coefficient (Wildman–Crippen LogP) is 9.95. The molecular formula is C48H62N4O6Si. The number of fused-ring (bicyclic) bond motifs is 1. The number of hydrogen-bond donors (Lipinski definition) is 5. The molecule has 1 saturated carbocycles. The SMILES string of the molecule is CC(C)(C)[Si](C)(C)OC(CNCCc1ccc(OCCCCc2ccc(-c3ccccc3)c(N(C(=O)O)C3CCC(N)CC3)c2)cc1)c1ccc(O)c2[nH]c(=O)ccc12. The Morgan fingerprint density at radius 2 is 1.63 bits per heavy atom. The molecule has 1 aliphatic rings. The van der Waals surface area contributed by atoms with Crippen LogP contribution in [0.5, 0.6) is 11.5 Å². The van der Waals surface area contributed by atoms with Gasteiger partial charge in [0.1, 0.15) is 11.5 Å². The fourth-order valence-electron chi connectivity index (χ4n) is 7.74. The summed E-state index contributed by atoms with van der Waals surface area (Å²) in [6.07, 6.45) is 5.44. The van der Waals surface area contributed by atoms with Gasteiger partial charge in [-0.3, -0.25) is 9.69 Å². The number of aromatic hydroxyl groups is 1. The lowest BCUT2D eigenvalue weighted by Crippen LogP contribution is -2.44. The van der Waals surface area contributed by atoms with Crippen LogP contribution in [0, 0.1) is 0 Å². The first-order valence-electron chi connectivity index (χ1n) is 21.1. The maximum atomic E-state index is 12.7. The number of phenols is 1. The summed E-state index contributed by atoms with van der Waals surface area (Å²) in [5.74, 6) is 0.874. The van der Waals surface area contributed by atoms with Crippen molar-refractivity contribution in [3.63, 3.8) is 0 Å². The van der Waals surface area contributed by atoms with E-state index in [-0.39, 0.29) is 34.5 Å². The quantitative estimate of drug-likeness (QED) is 0.0460. The van der Waals surface area contributed by atoms with Crippen molar-refractivity contribution >= 4 is 31.0 Å². The molecular weight excluding hydrogens is 757 g/mol. The van der Waals surface area contributed by atoms with Gasteiger partial charge in [-0.1, -0.05) is 81.4 Å². The van der Waals surface area contributed by atoms with Gasteiger partial charge in [-0.15, -0.1) is 0 Å². The van der Waals surface area contributed by atoms with E-state index in [9.17, 15) is 19.8 Å². The van der Waals surface area contributed by atoms with E-state index in [1.807, 2.05) is 48.5 Å². The molecule has 1 aliphatic carbocycles. The molecule has 6 N–H and O–H groups in total. The van der Waals surface area contributed by atoms with E-state index in [0.29, 0.717) is 18.7 Å². The number of anilines is 1. The zero-order valence-electron chi connectivity index (χ0n) is 35.3. The summed E-state index contributed by atoms with van der Waals surface area (Å²) in [6, 6.07) is 31.4. The molecule has 10 nitrogen and oxygen atoms in total. The minimum Gasteiger partial charge on any atom is -0.506 e. The second-order valence-electron chi connectivity index (χ2n) is 17.5. The minimum atomic E-state index is -2.17. The Balaban J connectivity index is 1.01. The van der Waals surface area contributed by atoms with Crippen LogP contribution in [0.4, 0.5) is 10.5 Å². The molecule has 11 heteroatoms. The van der Waals surface area contributed by atoms with Gasteiger partial charge in [-0.05, 0) is 129 Å². The molecule has 0 aliphatic heterocycles. The van der Waals surface area contributed by atoms with Crippen molar-refractivity contribution in [3.05, 3.63) is 124 Å². The highest BCUT2D eigenvalue weighted by Crippen LogP contribution is 2.41. The highest BCUT2D eigenvalue weighted by molar-refractivity contribution is 6.74. The van der Waals surface area contributed by atoms with Crippen LogP contribution in [-0.4, -0.2) is 61.4 Å². The molecule has 59 heavy (non-hydrogen) atoms. The number of aromatic nitrogens is 1. The van der Waals surface area contributed by atoms with Crippen LogP contribution in [0.25, 0.3) is 22.0 Å². The smallest absolute Gasteiger partial charge is 0.412 e. The van der Waals surface area contributed by atoms with Gasteiger partial charge in [0, 0.05) is 35.6 Å². The van der Waals surface area contributed by atoms with Crippen LogP contribution in [0.3, 0.4) is 0 Å². The summed E-state index contributed by atoms with van der Waals surface area (Å²) in [7, 11) is -2.17. The molecule has 5 aromatic rings. The molecule has 1 amide bonds. The van der Waals surface area contributed by atoms with Crippen molar-refractivity contribution in [3.8, 4) is 22.6 Å². The van der Waals surface area contributed by atoms with E-state index >= 15 is 0 Å². The number of pyridine rings is 1. The van der Waals surface area contributed by atoms with Gasteiger partial charge >= 0.3 is 6.09 Å². The topological polar surface area (TPSA) is 150 Å². The third-order valence-corrected chi connectivity index (χ3v) is 16.7. The van der Waals surface area contributed by atoms with Gasteiger partial charge < -0.3 is 35.4 Å². The van der Waals surface area contributed by atoms with E-state index in [2.05, 4.69) is 74.5 Å². The number of aromatic amines is 1. The largest absolute Gasteiger partial charge is 0.506 e. The highest BCUT2D eigenvalue weighted by atomic mass is 28.4. The number of nitrogens with zero attached hydrogens (tertiary/aromatic N) is 1. The number of carboxylic acid groups (broad SMARTS) is 1. The number of hydrogen-bond acceptors (Lipinski definition) is 7. The number of nitrogens with two attached hydrogens (primary N) is 1. The molecule has 4 aromatic carbocycles. The first-order valence-corrected chi connectivity index (χ1v) is 24.0. The lowest BCUT2D eigenvalue weighted by atomic mass is 9.89. The van der Waals surface area contributed by atoms with E-state index in [0.717, 1.165) is 97.0 Å². The van der Waals surface area contributed by atoms with Crippen molar-refractivity contribution in [1.82, 2.24) is 10.3 Å². The Morgan fingerprint density at radius 3 is 2.32 bits per heavy atom. The number of rotatable bonds is 17. The Hall–Kier alpha value is -4.94. The summed E-state index contributed by atoms with van der Waals surface area (Å²) in [5.41, 5.74) is 12.3. The molecule has 0 radical (unpaired) electrons. The van der Waals surface area contributed by atoms with Crippen molar-refractivity contribution < 1.29 is 24.2 Å². The summed E-state index contributed by atoms with van der Waals surface area (Å²) in [5, 5.41) is 25.4. The normalized spacial score (nSPS) is 16.5. The number of ether oxygens (including phenoxy) is 1. The Morgan fingerprint density at radius 1 is 0.915 bits per heavy atom. The zero-order chi connectivity index (χ0) is 42.2. The summed E-state index contributed by atoms with van der Waals surface area (Å²) >= 11 is 0. The second-order valence-corrected chi connectivity index (χ2v) is 22.3. The third-order valence-electron chi connectivity index (χ3n) is 12.2. The molecule has 0 saturated heterocycles. The van der Waals surface area contributed by atoms with Crippen LogP contribution in [0.1, 0.15) is 82.1 Å². The second kappa shape index (κ2) is 19.4. The number of aryl methyl sites for hydroxylation is 1. The molecule has 1 aromatic heterocycles. The lowest BCUT2D eigenvalue weighted by Gasteiger charge is -2.39. The van der Waals surface area contributed by atoms with Crippen LogP contribution in [-0.2, 0) is 17.3 Å². The van der Waals surface area contributed by atoms with Crippen LogP contribution in [0.2, 0.25) is 18.1 Å². The molecule has 1 heterocycles. The van der Waals surface area contributed by atoms with Gasteiger partial charge in [-0.2, -0.15) is 0 Å². The van der Waals surface area contributed by atoms with Crippen LogP contribution >= 0.6 is 0 Å². The van der Waals surface area contributed by atoms with E-state index in [1.54, 1.807) is 17.0 Å². The third kappa shape index (κ3) is 11.2. The molecule has 314 valence electrons. The van der Waals surface area contributed by atoms with Gasteiger partial charge in [-0.25, -0.2) is 4.79 Å². The Kier molecular flexibility index (Phi) is 14.4. The number of benzene rings is 4. The summed E-state index contributed by atoms with van der Waals surface area (Å²) in [6.45, 7) is 13.1. The van der Waals surface area contributed by atoms with Crippen molar-refractivity contribution in [2.75, 3.05) is 24.6 Å². The number of H-pyrrole nitrogens is 1. The lowest BCUT2D eigenvalue weighted by molar-refractivity contribution is 0.182. The van der Waals surface area contributed by atoms with Crippen LogP contribution in [0.15, 0.2) is 102 Å². The highest BCUT2D eigenvalue weighted by Gasteiger charge is 2.40. The number of unbranched alkanes of at least 4 members (excludes halogenated alkanes) is 1. The monoisotopic (exact) mass is 818 g/mol. The van der Waals surface area contributed by atoms with E-state index < -0.39 is 14.4 Å². The number of phenolic OH excluding ortho intramolecular Hbond substituents is 1. The molecule has 0 spiro atoms. The number of amides is 1. The molecule has 1 fully saturated rings. The van der Waals surface area contributed by atoms with Gasteiger partial charge in [0.2, 0.25) is 5.56 Å². The Bertz CT molecular complexity index is 2210. The molecule has 0 bridgehead atoms. The number of carbonyl (C=O) groups is 1.